The first kappa shape index (κ1) is 13.1. The number of rotatable bonds is 3. The van der Waals surface area contributed by atoms with Crippen LogP contribution in [0.1, 0.15) is 51.2 Å². The summed E-state index contributed by atoms with van der Waals surface area (Å²) < 4.78 is 5.29. The van der Waals surface area contributed by atoms with Crippen LogP contribution < -0.4 is 5.32 Å². The van der Waals surface area contributed by atoms with Crippen molar-refractivity contribution in [3.63, 3.8) is 0 Å². The highest BCUT2D eigenvalue weighted by molar-refractivity contribution is 5.02. The van der Waals surface area contributed by atoms with Crippen LogP contribution in [0.2, 0.25) is 0 Å². The van der Waals surface area contributed by atoms with Gasteiger partial charge in [0.05, 0.1) is 12.7 Å². The molecular weight excluding hydrogens is 238 g/mol. The molecule has 4 heteroatoms. The maximum Gasteiger partial charge on any atom is 0.150 e. The minimum Gasteiger partial charge on any atom is -0.360 e. The van der Waals surface area contributed by atoms with Gasteiger partial charge in [0.1, 0.15) is 0 Å². The van der Waals surface area contributed by atoms with E-state index in [1.807, 2.05) is 6.07 Å². The van der Waals surface area contributed by atoms with Gasteiger partial charge in [-0.25, -0.2) is 0 Å². The smallest absolute Gasteiger partial charge is 0.150 e. The van der Waals surface area contributed by atoms with Gasteiger partial charge in [-0.05, 0) is 19.3 Å². The maximum atomic E-state index is 5.29. The molecule has 1 saturated heterocycles. The zero-order valence-electron chi connectivity index (χ0n) is 11.9. The lowest BCUT2D eigenvalue weighted by Gasteiger charge is -2.49. The fraction of sp³-hybridized carbons (Fsp3) is 0.800. The van der Waals surface area contributed by atoms with Gasteiger partial charge < -0.3 is 9.84 Å². The predicted molar refractivity (Wildman–Crippen MR) is 74.8 cm³/mol. The van der Waals surface area contributed by atoms with Crippen LogP contribution >= 0.6 is 0 Å². The molecular formula is C15H25N3O. The summed E-state index contributed by atoms with van der Waals surface area (Å²) in [4.78, 5) is 2.60. The van der Waals surface area contributed by atoms with E-state index < -0.39 is 0 Å². The Balaban J connectivity index is 1.70. The average Bonchev–Trinajstić information content (AvgIpc) is 2.93. The summed E-state index contributed by atoms with van der Waals surface area (Å²) in [5.74, 6) is 0.992. The Kier molecular flexibility index (Phi) is 3.89. The zero-order valence-corrected chi connectivity index (χ0v) is 11.9. The highest BCUT2D eigenvalue weighted by atomic mass is 16.5. The van der Waals surface area contributed by atoms with Gasteiger partial charge in [-0.3, -0.25) is 4.90 Å². The maximum absolute atomic E-state index is 5.29. The van der Waals surface area contributed by atoms with Gasteiger partial charge in [0.25, 0.3) is 0 Å². The minimum atomic E-state index is 0.365. The monoisotopic (exact) mass is 263 g/mol. The summed E-state index contributed by atoms with van der Waals surface area (Å²) in [6, 6.07) is 2.61. The molecule has 2 aliphatic rings. The molecule has 0 amide bonds. The van der Waals surface area contributed by atoms with Crippen molar-refractivity contribution in [2.24, 2.45) is 0 Å². The molecule has 0 bridgehead atoms. The molecule has 3 rings (SSSR count). The summed E-state index contributed by atoms with van der Waals surface area (Å²) in [5, 5.41) is 7.68. The lowest BCUT2D eigenvalue weighted by molar-refractivity contribution is 0.0425. The molecule has 1 atom stereocenters. The van der Waals surface area contributed by atoms with Gasteiger partial charge in [0, 0.05) is 30.7 Å². The van der Waals surface area contributed by atoms with Crippen LogP contribution in [0.4, 0.5) is 0 Å². The van der Waals surface area contributed by atoms with Crippen molar-refractivity contribution in [3.8, 4) is 0 Å². The molecule has 1 aliphatic carbocycles. The number of piperazine rings is 1. The van der Waals surface area contributed by atoms with E-state index >= 15 is 0 Å². The third kappa shape index (κ3) is 2.84. The predicted octanol–water partition coefficient (Wildman–Crippen LogP) is 2.56. The molecule has 1 aromatic rings. The van der Waals surface area contributed by atoms with E-state index in [-0.39, 0.29) is 0 Å². The van der Waals surface area contributed by atoms with Crippen LogP contribution in [0.5, 0.6) is 0 Å². The van der Waals surface area contributed by atoms with Crippen LogP contribution in [0, 0.1) is 0 Å². The van der Waals surface area contributed by atoms with Crippen molar-refractivity contribution in [2.45, 2.75) is 63.6 Å². The zero-order chi connectivity index (χ0) is 13.1. The molecule has 1 N–H and O–H groups in total. The third-order valence-electron chi connectivity index (χ3n) is 4.87. The molecule has 1 aliphatic heterocycles. The summed E-state index contributed by atoms with van der Waals surface area (Å²) in [6.45, 7) is 5.46. The van der Waals surface area contributed by atoms with Crippen molar-refractivity contribution in [1.82, 2.24) is 15.4 Å². The van der Waals surface area contributed by atoms with Crippen LogP contribution in [0.25, 0.3) is 0 Å². The first-order valence-electron chi connectivity index (χ1n) is 7.70. The number of hydrogen-bond acceptors (Lipinski definition) is 4. The van der Waals surface area contributed by atoms with Gasteiger partial charge in [0.2, 0.25) is 0 Å². The summed E-state index contributed by atoms with van der Waals surface area (Å²) in [6.07, 6.45) is 9.75. The topological polar surface area (TPSA) is 41.3 Å². The Morgan fingerprint density at radius 2 is 2.26 bits per heavy atom. The second-order valence-electron chi connectivity index (χ2n) is 6.17. The van der Waals surface area contributed by atoms with E-state index in [4.69, 9.17) is 4.52 Å². The first-order chi connectivity index (χ1) is 9.31. The standard InChI is InChI=1S/C15H25N3O/c1-2-13-10-16-15(7-4-3-5-8-15)12-18(13)11-14-6-9-17-19-14/h6,9,13,16H,2-5,7-8,10-12H2,1H3. The van der Waals surface area contributed by atoms with Crippen molar-refractivity contribution in [3.05, 3.63) is 18.0 Å². The van der Waals surface area contributed by atoms with E-state index in [2.05, 4.69) is 22.3 Å². The molecule has 106 valence electrons. The lowest BCUT2D eigenvalue weighted by atomic mass is 9.79. The van der Waals surface area contributed by atoms with Crippen molar-refractivity contribution in [2.75, 3.05) is 13.1 Å². The SMILES string of the molecule is CCC1CNC2(CCCCC2)CN1Cc1ccno1. The largest absolute Gasteiger partial charge is 0.360 e. The fourth-order valence-electron chi connectivity index (χ4n) is 3.71. The van der Waals surface area contributed by atoms with Crippen LogP contribution in [0.3, 0.4) is 0 Å². The van der Waals surface area contributed by atoms with Gasteiger partial charge >= 0.3 is 0 Å². The van der Waals surface area contributed by atoms with E-state index in [1.165, 1.54) is 38.5 Å². The number of nitrogens with one attached hydrogen (secondary N) is 1. The van der Waals surface area contributed by atoms with E-state index in [1.54, 1.807) is 6.20 Å². The molecule has 0 aromatic carbocycles. The Hall–Kier alpha value is -0.870. The molecule has 2 heterocycles. The molecule has 2 fully saturated rings. The Morgan fingerprint density at radius 3 is 2.95 bits per heavy atom. The quantitative estimate of drug-likeness (QED) is 0.910. The Morgan fingerprint density at radius 1 is 1.42 bits per heavy atom. The average molecular weight is 263 g/mol. The normalized spacial score (nSPS) is 27.7. The highest BCUT2D eigenvalue weighted by Gasteiger charge is 2.39. The molecule has 0 radical (unpaired) electrons. The minimum absolute atomic E-state index is 0.365. The molecule has 4 nitrogen and oxygen atoms in total. The second kappa shape index (κ2) is 5.63. The third-order valence-corrected chi connectivity index (χ3v) is 4.87. The molecule has 1 spiro atoms. The van der Waals surface area contributed by atoms with Crippen LogP contribution in [0.15, 0.2) is 16.8 Å². The van der Waals surface area contributed by atoms with Gasteiger partial charge in [0.15, 0.2) is 5.76 Å². The van der Waals surface area contributed by atoms with Gasteiger partial charge in [-0.1, -0.05) is 31.3 Å². The summed E-state index contributed by atoms with van der Waals surface area (Å²) >= 11 is 0. The summed E-state index contributed by atoms with van der Waals surface area (Å²) in [7, 11) is 0. The lowest BCUT2D eigenvalue weighted by Crippen LogP contribution is -2.64. The number of nitrogens with zero attached hydrogens (tertiary/aromatic N) is 2. The Labute approximate surface area is 115 Å². The van der Waals surface area contributed by atoms with Gasteiger partial charge in [-0.15, -0.1) is 0 Å². The first-order valence-corrected chi connectivity index (χ1v) is 7.70. The number of aromatic nitrogens is 1. The molecule has 19 heavy (non-hydrogen) atoms. The van der Waals surface area contributed by atoms with Crippen molar-refractivity contribution >= 4 is 0 Å². The molecule has 1 aromatic heterocycles. The molecule has 1 saturated carbocycles. The van der Waals surface area contributed by atoms with E-state index in [0.29, 0.717) is 11.6 Å². The van der Waals surface area contributed by atoms with Crippen molar-refractivity contribution < 1.29 is 4.52 Å². The van der Waals surface area contributed by atoms with Gasteiger partial charge in [-0.2, -0.15) is 0 Å². The molecule has 1 unspecified atom stereocenters. The van der Waals surface area contributed by atoms with E-state index in [9.17, 15) is 0 Å². The second-order valence-corrected chi connectivity index (χ2v) is 6.17. The van der Waals surface area contributed by atoms with Crippen LogP contribution in [-0.2, 0) is 6.54 Å². The number of hydrogen-bond donors (Lipinski definition) is 1. The highest BCUT2D eigenvalue weighted by Crippen LogP contribution is 2.32. The van der Waals surface area contributed by atoms with Crippen LogP contribution in [-0.4, -0.2) is 34.7 Å². The fourth-order valence-corrected chi connectivity index (χ4v) is 3.71. The Bertz CT molecular complexity index is 384. The van der Waals surface area contributed by atoms with E-state index in [0.717, 1.165) is 25.4 Å². The summed E-state index contributed by atoms with van der Waals surface area (Å²) in [5.41, 5.74) is 0.365. The van der Waals surface area contributed by atoms with Crippen molar-refractivity contribution in [1.29, 1.82) is 0 Å².